The van der Waals surface area contributed by atoms with Crippen molar-refractivity contribution in [2.24, 2.45) is 17.6 Å². The molecule has 2 fully saturated rings. The Kier molecular flexibility index (Phi) is 8.52. The van der Waals surface area contributed by atoms with Gasteiger partial charge in [0.25, 0.3) is 0 Å². The third-order valence-electron chi connectivity index (χ3n) is 6.04. The van der Waals surface area contributed by atoms with Crippen molar-refractivity contribution < 1.29 is 4.79 Å². The zero-order chi connectivity index (χ0) is 18.8. The number of hydrogen-bond acceptors (Lipinski definition) is 4. The average Bonchev–Trinajstić information content (AvgIpc) is 3.30. The van der Waals surface area contributed by atoms with Crippen LogP contribution in [0.1, 0.15) is 37.3 Å². The van der Waals surface area contributed by atoms with Gasteiger partial charge in [-0.1, -0.05) is 30.3 Å². The third kappa shape index (κ3) is 5.51. The van der Waals surface area contributed by atoms with Gasteiger partial charge >= 0.3 is 0 Å². The largest absolute Gasteiger partial charge is 0.330 e. The summed E-state index contributed by atoms with van der Waals surface area (Å²) in [5.41, 5.74) is 7.33. The van der Waals surface area contributed by atoms with Crippen LogP contribution in [0.25, 0.3) is 0 Å². The normalized spacial score (nSPS) is 22.4. The molecule has 29 heavy (non-hydrogen) atoms. The molecule has 2 aromatic rings. The molecule has 8 heteroatoms. The van der Waals surface area contributed by atoms with Crippen molar-refractivity contribution in [2.45, 2.75) is 31.7 Å². The number of aromatic nitrogens is 2. The van der Waals surface area contributed by atoms with Gasteiger partial charge in [0.2, 0.25) is 5.91 Å². The van der Waals surface area contributed by atoms with E-state index in [1.165, 1.54) is 18.4 Å². The van der Waals surface area contributed by atoms with Gasteiger partial charge in [0, 0.05) is 25.1 Å². The number of carbonyl (C=O) groups excluding carboxylic acids is 1. The van der Waals surface area contributed by atoms with Gasteiger partial charge in [0.05, 0.1) is 18.8 Å². The number of likely N-dealkylation sites (tertiary alicyclic amines) is 1. The quantitative estimate of drug-likeness (QED) is 0.693. The highest BCUT2D eigenvalue weighted by Gasteiger charge is 2.34. The molecule has 160 valence electrons. The van der Waals surface area contributed by atoms with Crippen LogP contribution in [0.2, 0.25) is 0 Å². The van der Waals surface area contributed by atoms with E-state index in [2.05, 4.69) is 46.5 Å². The Hall–Kier alpha value is -1.60. The highest BCUT2D eigenvalue weighted by atomic mass is 35.5. The van der Waals surface area contributed by atoms with Gasteiger partial charge in [0.1, 0.15) is 5.82 Å². The lowest BCUT2D eigenvalue weighted by molar-refractivity contribution is -0.117. The van der Waals surface area contributed by atoms with Crippen LogP contribution in [-0.2, 0) is 4.79 Å². The van der Waals surface area contributed by atoms with Crippen LogP contribution in [0.5, 0.6) is 0 Å². The molecule has 1 aromatic heterocycles. The van der Waals surface area contributed by atoms with Crippen LogP contribution in [0, 0.1) is 11.8 Å². The van der Waals surface area contributed by atoms with Crippen LogP contribution in [0.15, 0.2) is 42.6 Å². The predicted octanol–water partition coefficient (Wildman–Crippen LogP) is 3.31. The Balaban J connectivity index is 0.00000150. The zero-order valence-electron chi connectivity index (χ0n) is 16.7. The smallest absolute Gasteiger partial charge is 0.239 e. The monoisotopic (exact) mass is 439 g/mol. The number of anilines is 1. The molecule has 6 nitrogen and oxygen atoms in total. The molecular weight excluding hydrogens is 409 g/mol. The summed E-state index contributed by atoms with van der Waals surface area (Å²) in [6, 6.07) is 12.7. The number of amides is 1. The maximum absolute atomic E-state index is 12.6. The van der Waals surface area contributed by atoms with E-state index in [0.717, 1.165) is 18.9 Å². The summed E-state index contributed by atoms with van der Waals surface area (Å²) < 4.78 is 1.95. The van der Waals surface area contributed by atoms with Crippen molar-refractivity contribution in [2.75, 3.05) is 31.5 Å². The van der Waals surface area contributed by atoms with E-state index in [9.17, 15) is 4.79 Å². The summed E-state index contributed by atoms with van der Waals surface area (Å²) in [5.74, 6) is 2.29. The van der Waals surface area contributed by atoms with E-state index in [4.69, 9.17) is 5.73 Å². The molecule has 1 aromatic carbocycles. The summed E-state index contributed by atoms with van der Waals surface area (Å²) in [4.78, 5) is 14.9. The number of hydrogen-bond donors (Lipinski definition) is 2. The summed E-state index contributed by atoms with van der Waals surface area (Å²) in [6.07, 6.45) is 4.27. The average molecular weight is 440 g/mol. The van der Waals surface area contributed by atoms with Crippen molar-refractivity contribution in [1.82, 2.24) is 14.7 Å². The van der Waals surface area contributed by atoms with Gasteiger partial charge in [-0.25, -0.2) is 4.68 Å². The number of rotatable bonds is 7. The molecule has 0 spiro atoms. The first-order chi connectivity index (χ1) is 13.2. The molecule has 3 N–H and O–H groups in total. The molecule has 0 radical (unpaired) electrons. The van der Waals surface area contributed by atoms with E-state index in [-0.39, 0.29) is 30.7 Å². The van der Waals surface area contributed by atoms with E-state index in [1.807, 2.05) is 16.8 Å². The zero-order valence-corrected chi connectivity index (χ0v) is 18.4. The van der Waals surface area contributed by atoms with Crippen molar-refractivity contribution in [1.29, 1.82) is 0 Å². The fourth-order valence-corrected chi connectivity index (χ4v) is 4.31. The summed E-state index contributed by atoms with van der Waals surface area (Å²) in [7, 11) is 0. The predicted molar refractivity (Wildman–Crippen MR) is 121 cm³/mol. The second-order valence-electron chi connectivity index (χ2n) is 7.99. The highest BCUT2D eigenvalue weighted by Crippen LogP contribution is 2.40. The molecule has 2 heterocycles. The van der Waals surface area contributed by atoms with Crippen LogP contribution in [0.4, 0.5) is 5.82 Å². The number of benzene rings is 1. The minimum Gasteiger partial charge on any atom is -0.330 e. The lowest BCUT2D eigenvalue weighted by atomic mass is 9.89. The van der Waals surface area contributed by atoms with Crippen molar-refractivity contribution >= 4 is 36.5 Å². The number of carbonyl (C=O) groups is 1. The van der Waals surface area contributed by atoms with Crippen LogP contribution < -0.4 is 11.1 Å². The van der Waals surface area contributed by atoms with Gasteiger partial charge in [-0.3, -0.25) is 9.69 Å². The second kappa shape index (κ2) is 10.4. The number of nitrogens with two attached hydrogens (primary N) is 1. The molecule has 1 aliphatic heterocycles. The van der Waals surface area contributed by atoms with Crippen LogP contribution in [-0.4, -0.2) is 46.8 Å². The fourth-order valence-electron chi connectivity index (χ4n) is 4.31. The Morgan fingerprint density at radius 2 is 1.93 bits per heavy atom. The highest BCUT2D eigenvalue weighted by molar-refractivity contribution is 5.91. The van der Waals surface area contributed by atoms with Gasteiger partial charge in [-0.15, -0.1) is 24.8 Å². The van der Waals surface area contributed by atoms with Crippen molar-refractivity contribution in [3.63, 3.8) is 0 Å². The maximum atomic E-state index is 12.6. The first-order valence-electron chi connectivity index (χ1n) is 9.96. The number of halogens is 2. The Labute approximate surface area is 185 Å². The van der Waals surface area contributed by atoms with E-state index >= 15 is 0 Å². The van der Waals surface area contributed by atoms with Crippen molar-refractivity contribution in [3.8, 4) is 0 Å². The molecular formula is C21H31Cl2N5O. The summed E-state index contributed by atoms with van der Waals surface area (Å²) in [5, 5.41) is 7.47. The SMILES string of the molecule is CC(C1CC1)n1nccc1NC(=O)CN1C[C@@H](CN)[C@H](c2ccccc2)C1.Cl.Cl. The Morgan fingerprint density at radius 1 is 1.21 bits per heavy atom. The number of nitrogens with one attached hydrogen (secondary N) is 1. The van der Waals surface area contributed by atoms with Gasteiger partial charge in [-0.2, -0.15) is 5.10 Å². The standard InChI is InChI=1S/C21H29N5O.2ClH/c1-15(16-7-8-16)26-20(9-10-23-26)24-21(27)14-25-12-18(11-22)19(13-25)17-5-3-2-4-6-17;;/h2-6,9-10,15-16,18-19H,7-8,11-14,22H2,1H3,(H,24,27);2*1H/t15?,18-,19+;;/m1../s1. The van der Waals surface area contributed by atoms with Gasteiger partial charge in [0.15, 0.2) is 0 Å². The maximum Gasteiger partial charge on any atom is 0.239 e. The first kappa shape index (κ1) is 23.7. The Bertz CT molecular complexity index is 780. The molecule has 1 saturated heterocycles. The summed E-state index contributed by atoms with van der Waals surface area (Å²) >= 11 is 0. The molecule has 3 atom stereocenters. The molecule has 1 unspecified atom stereocenters. The Morgan fingerprint density at radius 3 is 2.59 bits per heavy atom. The topological polar surface area (TPSA) is 76.2 Å². The lowest BCUT2D eigenvalue weighted by Gasteiger charge is -2.18. The summed E-state index contributed by atoms with van der Waals surface area (Å²) in [6.45, 7) is 4.95. The lowest BCUT2D eigenvalue weighted by Crippen LogP contribution is -2.33. The molecule has 0 bridgehead atoms. The van der Waals surface area contributed by atoms with Crippen LogP contribution >= 0.6 is 24.8 Å². The first-order valence-corrected chi connectivity index (χ1v) is 9.96. The minimum atomic E-state index is 0. The number of nitrogens with zero attached hydrogens (tertiary/aromatic N) is 3. The molecule has 1 saturated carbocycles. The molecule has 4 rings (SSSR count). The second-order valence-corrected chi connectivity index (χ2v) is 7.99. The van der Waals surface area contributed by atoms with Gasteiger partial charge < -0.3 is 11.1 Å². The van der Waals surface area contributed by atoms with Gasteiger partial charge in [-0.05, 0) is 43.7 Å². The fraction of sp³-hybridized carbons (Fsp3) is 0.524. The molecule has 2 aliphatic rings. The van der Waals surface area contributed by atoms with E-state index in [1.54, 1.807) is 6.20 Å². The van der Waals surface area contributed by atoms with E-state index in [0.29, 0.717) is 36.9 Å². The van der Waals surface area contributed by atoms with E-state index < -0.39 is 0 Å². The minimum absolute atomic E-state index is 0. The molecule has 1 aliphatic carbocycles. The van der Waals surface area contributed by atoms with Crippen LogP contribution in [0.3, 0.4) is 0 Å². The third-order valence-corrected chi connectivity index (χ3v) is 6.04. The molecule has 1 amide bonds. The van der Waals surface area contributed by atoms with Crippen molar-refractivity contribution in [3.05, 3.63) is 48.2 Å².